The van der Waals surface area contributed by atoms with Crippen LogP contribution in [0.2, 0.25) is 6.32 Å². The number of esters is 1. The van der Waals surface area contributed by atoms with Gasteiger partial charge < -0.3 is 19.1 Å². The molecule has 26 heavy (non-hydrogen) atoms. The minimum absolute atomic E-state index is 0.0124. The topological polar surface area (TPSA) is 94.8 Å². The molecule has 0 atom stereocenters. The van der Waals surface area contributed by atoms with Gasteiger partial charge in [-0.1, -0.05) is 24.3 Å². The molecule has 0 spiro atoms. The number of ketones is 1. The second-order valence-electron chi connectivity index (χ2n) is 5.33. The third-order valence-corrected chi connectivity index (χ3v) is 3.64. The van der Waals surface area contributed by atoms with Gasteiger partial charge in [-0.25, -0.2) is 4.79 Å². The molecule has 126 valence electrons. The number of carbonyl (C=O) groups is 3. The highest BCUT2D eigenvalue weighted by molar-refractivity contribution is 6.20. The first-order valence-corrected chi connectivity index (χ1v) is 7.54. The van der Waals surface area contributed by atoms with Crippen molar-refractivity contribution in [1.82, 2.24) is 5.23 Å². The molecule has 4 radical (unpaired) electrons. The van der Waals surface area contributed by atoms with Gasteiger partial charge in [0.25, 0.3) is 0 Å². The number of Topliss-reactive ketones (excluding diaryl/α,β-unsaturated/α-hetero) is 1. The van der Waals surface area contributed by atoms with Gasteiger partial charge in [-0.2, -0.15) is 0 Å². The summed E-state index contributed by atoms with van der Waals surface area (Å²) in [7, 11) is 10.4. The maximum atomic E-state index is 11.8. The van der Waals surface area contributed by atoms with E-state index in [9.17, 15) is 14.4 Å². The molecule has 2 aromatic carbocycles. The van der Waals surface area contributed by atoms with Crippen molar-refractivity contribution in [2.24, 2.45) is 0 Å². The van der Waals surface area contributed by atoms with Crippen LogP contribution in [0.1, 0.15) is 17.5 Å². The van der Waals surface area contributed by atoms with Crippen molar-refractivity contribution in [2.75, 3.05) is 0 Å². The molecular weight excluding hydrogens is 336 g/mol. The Balaban J connectivity index is 2.40. The summed E-state index contributed by atoms with van der Waals surface area (Å²) in [5.41, 5.74) is 0.0670. The highest BCUT2D eigenvalue weighted by Crippen LogP contribution is 2.44. The Labute approximate surface area is 150 Å². The summed E-state index contributed by atoms with van der Waals surface area (Å²) in [5.74, 6) is -0.814. The molecule has 1 amide bonds. The summed E-state index contributed by atoms with van der Waals surface area (Å²) in [4.78, 5) is 35.1. The van der Waals surface area contributed by atoms with Gasteiger partial charge in [-0.15, -0.1) is 0 Å². The van der Waals surface area contributed by atoms with E-state index in [0.717, 1.165) is 0 Å². The number of benzene rings is 2. The van der Waals surface area contributed by atoms with E-state index in [-0.39, 0.29) is 40.3 Å². The Morgan fingerprint density at radius 2 is 1.73 bits per heavy atom. The van der Waals surface area contributed by atoms with Crippen molar-refractivity contribution >= 4 is 55.4 Å². The minimum atomic E-state index is -0.927. The number of carbonyl (C=O) groups excluding carboxylic acids is 3. The Bertz CT molecular complexity index is 968. The van der Waals surface area contributed by atoms with Gasteiger partial charge in [0.2, 0.25) is 7.98 Å². The zero-order valence-corrected chi connectivity index (χ0v) is 13.7. The maximum Gasteiger partial charge on any atom is 0.399 e. The summed E-state index contributed by atoms with van der Waals surface area (Å²) in [6.45, 7) is 1.32. The first kappa shape index (κ1) is 17.6. The molecule has 0 saturated heterocycles. The number of nitrogens with one attached hydrogen (secondary N) is 1. The highest BCUT2D eigenvalue weighted by Gasteiger charge is 2.24. The third kappa shape index (κ3) is 3.03. The standard InChI is InChI=1S/C17H11B2NO6/c1-8(21)12-6-11-14(25-13(22)7-18)9-4-2-3-5-10(9)15(16(11)24-12)26-17(23)20-19/h2-6H,7H2,1H3,(H,20,23). The van der Waals surface area contributed by atoms with Crippen LogP contribution in [0.3, 0.4) is 0 Å². The summed E-state index contributed by atoms with van der Waals surface area (Å²) in [6.07, 6.45) is -1.26. The van der Waals surface area contributed by atoms with Gasteiger partial charge in [0.1, 0.15) is 5.75 Å². The number of furan rings is 1. The smallest absolute Gasteiger partial charge is 0.399 e. The number of rotatable bonds is 4. The van der Waals surface area contributed by atoms with Crippen LogP contribution in [-0.2, 0) is 4.79 Å². The number of hydrogen-bond acceptors (Lipinski definition) is 6. The molecule has 0 aliphatic carbocycles. The highest BCUT2D eigenvalue weighted by atomic mass is 16.6. The molecule has 1 N–H and O–H groups in total. The van der Waals surface area contributed by atoms with Crippen molar-refractivity contribution in [1.29, 1.82) is 0 Å². The summed E-state index contributed by atoms with van der Waals surface area (Å²) in [6, 6.07) is 8.14. The molecule has 9 heteroatoms. The molecule has 3 aromatic rings. The van der Waals surface area contributed by atoms with Gasteiger partial charge in [0.15, 0.2) is 22.9 Å². The largest absolute Gasteiger partial charge is 0.449 e. The fourth-order valence-electron chi connectivity index (χ4n) is 2.54. The lowest BCUT2D eigenvalue weighted by Crippen LogP contribution is -2.23. The van der Waals surface area contributed by atoms with Gasteiger partial charge in [-0.05, 0) is 6.07 Å². The maximum absolute atomic E-state index is 11.8. The molecule has 3 rings (SSSR count). The average Bonchev–Trinajstić information content (AvgIpc) is 3.09. The molecule has 0 bridgehead atoms. The predicted octanol–water partition coefficient (Wildman–Crippen LogP) is 2.45. The number of fused-ring (bicyclic) bond motifs is 2. The monoisotopic (exact) mass is 347 g/mol. The minimum Gasteiger partial charge on any atom is -0.449 e. The van der Waals surface area contributed by atoms with Crippen molar-refractivity contribution in [2.45, 2.75) is 13.2 Å². The van der Waals surface area contributed by atoms with E-state index in [1.165, 1.54) is 13.0 Å². The molecule has 0 saturated carbocycles. The lowest BCUT2D eigenvalue weighted by Gasteiger charge is -2.13. The van der Waals surface area contributed by atoms with Crippen LogP contribution in [-0.4, -0.2) is 33.7 Å². The zero-order valence-electron chi connectivity index (χ0n) is 13.7. The Morgan fingerprint density at radius 3 is 2.31 bits per heavy atom. The van der Waals surface area contributed by atoms with Crippen LogP contribution in [0.15, 0.2) is 34.7 Å². The quantitative estimate of drug-likeness (QED) is 0.337. The first-order chi connectivity index (χ1) is 12.5. The van der Waals surface area contributed by atoms with E-state index >= 15 is 0 Å². The van der Waals surface area contributed by atoms with Crippen LogP contribution in [0.5, 0.6) is 11.5 Å². The molecule has 0 unspecified atom stereocenters. The number of amides is 1. The Kier molecular flexibility index (Phi) is 4.71. The van der Waals surface area contributed by atoms with Crippen LogP contribution < -0.4 is 14.7 Å². The Morgan fingerprint density at radius 1 is 1.08 bits per heavy atom. The van der Waals surface area contributed by atoms with Crippen LogP contribution in [0.4, 0.5) is 4.79 Å². The van der Waals surface area contributed by atoms with Gasteiger partial charge in [0, 0.05) is 24.0 Å². The molecule has 0 aliphatic rings. The van der Waals surface area contributed by atoms with E-state index in [1.807, 2.05) is 5.23 Å². The molecular formula is C17H11B2NO6. The fourth-order valence-corrected chi connectivity index (χ4v) is 2.54. The SMILES string of the molecule is [B]CC(=O)Oc1c2ccccc2c(OC(=O)N[B])c2oc(C(C)=O)cc12. The second kappa shape index (κ2) is 6.95. The summed E-state index contributed by atoms with van der Waals surface area (Å²) < 4.78 is 16.1. The van der Waals surface area contributed by atoms with Crippen LogP contribution >= 0.6 is 0 Å². The van der Waals surface area contributed by atoms with Gasteiger partial charge in [-0.3, -0.25) is 9.59 Å². The molecule has 0 aliphatic heterocycles. The zero-order chi connectivity index (χ0) is 18.8. The van der Waals surface area contributed by atoms with Crippen LogP contribution in [0, 0.1) is 0 Å². The lowest BCUT2D eigenvalue weighted by molar-refractivity contribution is -0.131. The normalized spacial score (nSPS) is 10.7. The number of ether oxygens (including phenoxy) is 2. The van der Waals surface area contributed by atoms with E-state index in [4.69, 9.17) is 29.7 Å². The lowest BCUT2D eigenvalue weighted by atomic mass is 10.0. The van der Waals surface area contributed by atoms with Gasteiger partial charge >= 0.3 is 12.1 Å². The van der Waals surface area contributed by atoms with Crippen molar-refractivity contribution < 1.29 is 28.3 Å². The summed E-state index contributed by atoms with van der Waals surface area (Å²) >= 11 is 0. The predicted molar refractivity (Wildman–Crippen MR) is 94.8 cm³/mol. The van der Waals surface area contributed by atoms with E-state index < -0.39 is 12.1 Å². The third-order valence-electron chi connectivity index (χ3n) is 3.64. The van der Waals surface area contributed by atoms with Crippen molar-refractivity contribution in [3.05, 3.63) is 36.1 Å². The van der Waals surface area contributed by atoms with Crippen LogP contribution in [0.25, 0.3) is 21.7 Å². The van der Waals surface area contributed by atoms with Crippen molar-refractivity contribution in [3.8, 4) is 11.5 Å². The molecule has 1 aromatic heterocycles. The van der Waals surface area contributed by atoms with Crippen molar-refractivity contribution in [3.63, 3.8) is 0 Å². The van der Waals surface area contributed by atoms with E-state index in [1.54, 1.807) is 24.3 Å². The second-order valence-corrected chi connectivity index (χ2v) is 5.33. The Hall–Kier alpha value is -3.22. The van der Waals surface area contributed by atoms with Gasteiger partial charge in [0.05, 0.1) is 13.2 Å². The molecule has 7 nitrogen and oxygen atoms in total. The molecule has 0 fully saturated rings. The van der Waals surface area contributed by atoms with E-state index in [0.29, 0.717) is 10.8 Å². The average molecular weight is 347 g/mol. The summed E-state index contributed by atoms with van der Waals surface area (Å²) in [5, 5.41) is 3.04. The fraction of sp³-hybridized carbons (Fsp3) is 0.118. The van der Waals surface area contributed by atoms with E-state index in [2.05, 4.69) is 0 Å². The first-order valence-electron chi connectivity index (χ1n) is 7.54. The number of hydrogen-bond donors (Lipinski definition) is 1. The molecule has 1 heterocycles.